The van der Waals surface area contributed by atoms with Gasteiger partial charge >= 0.3 is 0 Å². The lowest BCUT2D eigenvalue weighted by molar-refractivity contribution is 0.0595. The number of imide groups is 1. The van der Waals surface area contributed by atoms with Crippen molar-refractivity contribution in [2.75, 3.05) is 0 Å². The van der Waals surface area contributed by atoms with E-state index in [2.05, 4.69) is 37.1 Å². The van der Waals surface area contributed by atoms with E-state index in [1.807, 2.05) is 36.5 Å². The highest BCUT2D eigenvalue weighted by molar-refractivity contribution is 14.2. The Morgan fingerprint density at radius 1 is 1.03 bits per heavy atom. The zero-order valence-electron chi connectivity index (χ0n) is 16.7. The van der Waals surface area contributed by atoms with Crippen molar-refractivity contribution in [3.05, 3.63) is 77.2 Å². The number of halogens is 1. The molecule has 2 aromatic heterocycles. The SMILES string of the molecule is Cc1cc(-c2ncnc3c2cnn3PI)ccc1C(C)N1C(=O)c2ccccc2C1=O. The molecule has 9 heteroatoms. The quantitative estimate of drug-likeness (QED) is 0.208. The summed E-state index contributed by atoms with van der Waals surface area (Å²) >= 11 is 2.27. The van der Waals surface area contributed by atoms with Crippen LogP contribution in [0.2, 0.25) is 0 Å². The van der Waals surface area contributed by atoms with E-state index < -0.39 is 0 Å². The van der Waals surface area contributed by atoms with Crippen LogP contribution in [0.1, 0.15) is 44.8 Å². The van der Waals surface area contributed by atoms with Gasteiger partial charge in [-0.25, -0.2) is 14.4 Å². The van der Waals surface area contributed by atoms with Gasteiger partial charge in [0, 0.05) is 5.56 Å². The fourth-order valence-corrected chi connectivity index (χ4v) is 5.55. The molecule has 7 nitrogen and oxygen atoms in total. The lowest BCUT2D eigenvalue weighted by atomic mass is 9.97. The summed E-state index contributed by atoms with van der Waals surface area (Å²) in [6.45, 7) is 3.87. The van der Waals surface area contributed by atoms with Crippen LogP contribution in [0.5, 0.6) is 0 Å². The van der Waals surface area contributed by atoms with Crippen molar-refractivity contribution in [2.24, 2.45) is 0 Å². The van der Waals surface area contributed by atoms with E-state index in [0.29, 0.717) is 17.5 Å². The standard InChI is InChI=1S/C22H17IN5O2P/c1-12-9-14(19-18-10-26-28(31-23)20(18)25-11-24-19)7-8-15(12)13(2)27-21(29)16-5-3-4-6-17(16)22(27)30/h3-11,13,31H,1-2H3. The van der Waals surface area contributed by atoms with Gasteiger partial charge in [0.1, 0.15) is 6.33 Å². The third-order valence-electron chi connectivity index (χ3n) is 5.65. The summed E-state index contributed by atoms with van der Waals surface area (Å²) in [7, 11) is 0. The van der Waals surface area contributed by atoms with Gasteiger partial charge in [0.15, 0.2) is 5.65 Å². The maximum absolute atomic E-state index is 12.9. The van der Waals surface area contributed by atoms with Gasteiger partial charge in [0.2, 0.25) is 0 Å². The van der Waals surface area contributed by atoms with Crippen LogP contribution in [0.25, 0.3) is 22.3 Å². The van der Waals surface area contributed by atoms with Crippen molar-refractivity contribution in [3.63, 3.8) is 0 Å². The molecular weight excluding hydrogens is 524 g/mol. The topological polar surface area (TPSA) is 81.0 Å². The molecule has 5 rings (SSSR count). The van der Waals surface area contributed by atoms with Crippen molar-refractivity contribution in [1.82, 2.24) is 24.4 Å². The van der Waals surface area contributed by atoms with Gasteiger partial charge in [-0.15, -0.1) is 0 Å². The number of carbonyl (C=O) groups is 2. The minimum atomic E-state index is -0.380. The number of amides is 2. The summed E-state index contributed by atoms with van der Waals surface area (Å²) in [4.78, 5) is 36.0. The molecule has 0 saturated carbocycles. The first kappa shape index (κ1) is 20.2. The Bertz CT molecular complexity index is 1330. The number of carbonyl (C=O) groups excluding carboxylic acids is 2. The molecule has 0 bridgehead atoms. The lowest BCUT2D eigenvalue weighted by Crippen LogP contribution is -2.32. The highest BCUT2D eigenvalue weighted by Crippen LogP contribution is 2.35. The number of benzene rings is 2. The fraction of sp³-hybridized carbons (Fsp3) is 0.136. The van der Waals surface area contributed by atoms with Crippen LogP contribution < -0.4 is 0 Å². The summed E-state index contributed by atoms with van der Waals surface area (Å²) in [6.07, 6.45) is 3.80. The Kier molecular flexibility index (Phi) is 5.06. The average Bonchev–Trinajstić information content (AvgIpc) is 3.32. The molecule has 1 aliphatic heterocycles. The van der Waals surface area contributed by atoms with E-state index in [0.717, 1.165) is 33.4 Å². The molecule has 2 aromatic carbocycles. The zero-order valence-corrected chi connectivity index (χ0v) is 19.9. The third kappa shape index (κ3) is 3.16. The Morgan fingerprint density at radius 2 is 1.74 bits per heavy atom. The van der Waals surface area contributed by atoms with Crippen molar-refractivity contribution >= 4 is 51.3 Å². The minimum Gasteiger partial charge on any atom is -0.269 e. The molecule has 0 radical (unpaired) electrons. The lowest BCUT2D eigenvalue weighted by Gasteiger charge is -2.24. The first-order valence-corrected chi connectivity index (χ1v) is 13.7. The van der Waals surface area contributed by atoms with Gasteiger partial charge in [0.25, 0.3) is 11.8 Å². The maximum atomic E-state index is 12.9. The second-order valence-corrected chi connectivity index (χ2v) is 9.41. The number of nitrogens with zero attached hydrogens (tertiary/aromatic N) is 5. The molecule has 0 fully saturated rings. The van der Waals surface area contributed by atoms with Crippen LogP contribution in [0, 0.1) is 6.92 Å². The summed E-state index contributed by atoms with van der Waals surface area (Å²) < 4.78 is 1.85. The highest BCUT2D eigenvalue weighted by atomic mass is 127. The predicted molar refractivity (Wildman–Crippen MR) is 129 cm³/mol. The molecule has 0 spiro atoms. The maximum Gasteiger partial charge on any atom is 0.262 e. The van der Waals surface area contributed by atoms with Crippen molar-refractivity contribution < 1.29 is 9.59 Å². The Hall–Kier alpha value is -2.71. The van der Waals surface area contributed by atoms with Crippen molar-refractivity contribution in [3.8, 4) is 11.3 Å². The van der Waals surface area contributed by atoms with Gasteiger partial charge < -0.3 is 0 Å². The van der Waals surface area contributed by atoms with E-state index in [1.165, 1.54) is 4.90 Å². The van der Waals surface area contributed by atoms with Crippen LogP contribution in [0.15, 0.2) is 55.0 Å². The molecule has 1 aliphatic rings. The Morgan fingerprint density at radius 3 is 2.39 bits per heavy atom. The normalized spacial score (nSPS) is 14.7. The molecule has 2 atom stereocenters. The molecule has 0 aliphatic carbocycles. The first-order chi connectivity index (χ1) is 15.0. The van der Waals surface area contributed by atoms with Crippen molar-refractivity contribution in [2.45, 2.75) is 19.9 Å². The summed E-state index contributed by atoms with van der Waals surface area (Å²) in [6, 6.07) is 12.6. The fourth-order valence-electron chi connectivity index (χ4n) is 4.13. The van der Waals surface area contributed by atoms with E-state index >= 15 is 0 Å². The number of aryl methyl sites for hydroxylation is 1. The molecule has 31 heavy (non-hydrogen) atoms. The smallest absolute Gasteiger partial charge is 0.262 e. The average molecular weight is 541 g/mol. The molecule has 0 saturated heterocycles. The molecule has 3 heterocycles. The van der Waals surface area contributed by atoms with Gasteiger partial charge in [-0.2, -0.15) is 5.10 Å². The number of rotatable bonds is 4. The summed E-state index contributed by atoms with van der Waals surface area (Å²) in [5, 5.41) is 5.29. The molecule has 4 aromatic rings. The minimum absolute atomic E-state index is 0.249. The Balaban J connectivity index is 1.52. The van der Waals surface area contributed by atoms with Crippen molar-refractivity contribution in [1.29, 1.82) is 0 Å². The van der Waals surface area contributed by atoms with Crippen LogP contribution in [0.4, 0.5) is 0 Å². The van der Waals surface area contributed by atoms with Gasteiger partial charge in [-0.1, -0.05) is 24.3 Å². The summed E-state index contributed by atoms with van der Waals surface area (Å²) in [5.41, 5.74) is 5.40. The van der Waals surface area contributed by atoms with E-state index in [4.69, 9.17) is 0 Å². The molecule has 154 valence electrons. The van der Waals surface area contributed by atoms with E-state index in [9.17, 15) is 9.59 Å². The third-order valence-corrected chi connectivity index (χ3v) is 7.51. The second kappa shape index (κ2) is 7.76. The highest BCUT2D eigenvalue weighted by Gasteiger charge is 2.38. The first-order valence-electron chi connectivity index (χ1n) is 9.64. The number of hydrogen-bond acceptors (Lipinski definition) is 5. The van der Waals surface area contributed by atoms with Gasteiger partial charge in [-0.3, -0.25) is 14.5 Å². The molecule has 0 N–H and O–H groups in total. The van der Waals surface area contributed by atoms with Crippen LogP contribution >= 0.6 is 28.4 Å². The van der Waals surface area contributed by atoms with Crippen LogP contribution in [-0.2, 0) is 0 Å². The van der Waals surface area contributed by atoms with Crippen LogP contribution in [0.3, 0.4) is 0 Å². The molecule has 2 unspecified atom stereocenters. The van der Waals surface area contributed by atoms with Gasteiger partial charge in [0.05, 0.1) is 40.8 Å². The van der Waals surface area contributed by atoms with Gasteiger partial charge in [-0.05, 0) is 65.2 Å². The second-order valence-electron chi connectivity index (χ2n) is 7.37. The summed E-state index contributed by atoms with van der Waals surface area (Å²) in [5.74, 6) is -0.498. The molecule has 2 amide bonds. The monoisotopic (exact) mass is 541 g/mol. The zero-order chi connectivity index (χ0) is 21.7. The number of aromatic nitrogens is 4. The largest absolute Gasteiger partial charge is 0.269 e. The van der Waals surface area contributed by atoms with Crippen LogP contribution in [-0.4, -0.2) is 36.2 Å². The van der Waals surface area contributed by atoms with E-state index in [1.54, 1.807) is 36.8 Å². The number of hydrogen-bond donors (Lipinski definition) is 0. The van der Waals surface area contributed by atoms with E-state index in [-0.39, 0.29) is 17.9 Å². The number of fused-ring (bicyclic) bond motifs is 2. The Labute approximate surface area is 193 Å². The molecular formula is C22H17IN5O2P. The predicted octanol–water partition coefficient (Wildman–Crippen LogP) is 4.95.